The average molecular weight is 1010 g/mol. The van der Waals surface area contributed by atoms with Crippen LogP contribution in [0.1, 0.15) is 99.4 Å². The van der Waals surface area contributed by atoms with Gasteiger partial charge < -0.3 is 36.7 Å². The molecule has 0 aliphatic carbocycles. The number of hydrogen-bond acceptors (Lipinski definition) is 17. The second-order valence-corrected chi connectivity index (χ2v) is 21.2. The quantitative estimate of drug-likeness (QED) is 0.0315. The number of ketones is 2. The van der Waals surface area contributed by atoms with Crippen LogP contribution in [0.5, 0.6) is 11.5 Å². The van der Waals surface area contributed by atoms with E-state index in [4.69, 9.17) is 31.4 Å². The standard InChI is InChI=1S/C24H35N5O6S2.C19H27N5O4S2/c1-14-13-18(34-7)15(2)16(3)20(14)37(32,33)29-22(25)27-10-8-9-17(19(30)21-26-11-12-36-21)28-23(31)35-24(4,5)6;1-11-10-15(28-4)12(2)13(3)17(11)30(26,27)24-19(21)23-7-5-6-14(20)16(25)18-22-8-9-29-18/h11-13,17H,8-10H2,1-7H3,(H,28,31)(H3,25,27,29);8-10,14H,5-7,20H2,1-4H3,(H3,21,23,24)/t17-;14-/m00/s1. The highest BCUT2D eigenvalue weighted by atomic mass is 32.2. The molecule has 2 aromatic heterocycles. The summed E-state index contributed by atoms with van der Waals surface area (Å²) < 4.78 is 72.1. The molecule has 0 aliphatic heterocycles. The van der Waals surface area contributed by atoms with E-state index in [9.17, 15) is 31.2 Å². The van der Waals surface area contributed by atoms with E-state index >= 15 is 0 Å². The molecule has 2 heterocycles. The number of guanidine groups is 2. The van der Waals surface area contributed by atoms with Gasteiger partial charge in [0.05, 0.1) is 36.1 Å². The Hall–Kier alpha value is -5.69. The number of nitrogens with two attached hydrogens (primary N) is 3. The van der Waals surface area contributed by atoms with Crippen LogP contribution in [0.2, 0.25) is 0 Å². The number of carbonyl (C=O) groups is 3. The molecule has 4 rings (SSSR count). The molecule has 368 valence electrons. The second-order valence-electron chi connectivity index (χ2n) is 16.2. The first-order valence-corrected chi connectivity index (χ1v) is 25.5. The summed E-state index contributed by atoms with van der Waals surface area (Å²) in [6.07, 6.45) is 3.75. The largest absolute Gasteiger partial charge is 0.496 e. The van der Waals surface area contributed by atoms with Crippen molar-refractivity contribution >= 4 is 72.3 Å². The monoisotopic (exact) mass is 1010 g/mol. The zero-order chi connectivity index (χ0) is 50.4. The second kappa shape index (κ2) is 24.4. The zero-order valence-electron chi connectivity index (χ0n) is 39.6. The summed E-state index contributed by atoms with van der Waals surface area (Å²) in [5.41, 5.74) is 20.4. The number of thiazole rings is 2. The van der Waals surface area contributed by atoms with Crippen molar-refractivity contribution in [3.8, 4) is 11.5 Å². The number of aryl methyl sites for hydroxylation is 2. The highest BCUT2D eigenvalue weighted by Gasteiger charge is 2.28. The maximum Gasteiger partial charge on any atom is 0.408 e. The molecule has 2 atom stereocenters. The number of nitrogens with zero attached hydrogens (tertiary/aromatic N) is 4. The van der Waals surface area contributed by atoms with Crippen LogP contribution in [0.3, 0.4) is 0 Å². The van der Waals surface area contributed by atoms with Crippen molar-refractivity contribution < 1.29 is 45.4 Å². The number of amides is 1. The Labute approximate surface area is 400 Å². The molecule has 0 fully saturated rings. The number of methoxy groups -OCH3 is 2. The highest BCUT2D eigenvalue weighted by molar-refractivity contribution is 7.90. The lowest BCUT2D eigenvalue weighted by molar-refractivity contribution is 0.0488. The molecule has 4 aromatic rings. The maximum absolute atomic E-state index is 13.0. The molecule has 9 N–H and O–H groups in total. The van der Waals surface area contributed by atoms with Gasteiger partial charge in [-0.05, 0) is 134 Å². The van der Waals surface area contributed by atoms with Gasteiger partial charge >= 0.3 is 6.09 Å². The number of Topliss-reactive ketones (excluding diaryl/α,β-unsaturated/α-hetero) is 2. The van der Waals surface area contributed by atoms with Crippen LogP contribution in [-0.2, 0) is 24.8 Å². The van der Waals surface area contributed by atoms with Crippen LogP contribution in [0.15, 0.2) is 55.1 Å². The fourth-order valence-corrected chi connectivity index (χ4v) is 10.8. The topological polar surface area (TPSA) is 312 Å². The Balaban J connectivity index is 0.000000363. The van der Waals surface area contributed by atoms with Gasteiger partial charge in [-0.25, -0.2) is 41.0 Å². The van der Waals surface area contributed by atoms with Crippen molar-refractivity contribution in [2.24, 2.45) is 27.2 Å². The van der Waals surface area contributed by atoms with Gasteiger partial charge in [-0.15, -0.1) is 22.7 Å². The number of rotatable bonds is 19. The van der Waals surface area contributed by atoms with Crippen molar-refractivity contribution in [2.75, 3.05) is 27.3 Å². The van der Waals surface area contributed by atoms with Gasteiger partial charge in [0.2, 0.25) is 23.5 Å². The zero-order valence-corrected chi connectivity index (χ0v) is 42.9. The predicted molar refractivity (Wildman–Crippen MR) is 261 cm³/mol. The van der Waals surface area contributed by atoms with Gasteiger partial charge in [0.25, 0.3) is 20.0 Å². The van der Waals surface area contributed by atoms with E-state index in [2.05, 4.69) is 34.7 Å². The van der Waals surface area contributed by atoms with Crippen molar-refractivity contribution in [2.45, 2.75) is 115 Å². The molecule has 24 heteroatoms. The summed E-state index contributed by atoms with van der Waals surface area (Å²) in [6.45, 7) is 15.9. The summed E-state index contributed by atoms with van der Waals surface area (Å²) >= 11 is 2.41. The Kier molecular flexibility index (Phi) is 20.2. The van der Waals surface area contributed by atoms with Crippen LogP contribution in [0, 0.1) is 41.5 Å². The van der Waals surface area contributed by atoms with Crippen LogP contribution in [0.25, 0.3) is 0 Å². The Morgan fingerprint density at radius 2 is 1.12 bits per heavy atom. The lowest BCUT2D eigenvalue weighted by atomic mass is 10.1. The Morgan fingerprint density at radius 1 is 0.701 bits per heavy atom. The third kappa shape index (κ3) is 16.0. The van der Waals surface area contributed by atoms with Crippen molar-refractivity contribution in [1.82, 2.24) is 24.7 Å². The third-order valence-electron chi connectivity index (χ3n) is 9.93. The minimum atomic E-state index is -3.99. The number of alkyl carbamates (subject to hydrolysis) is 1. The van der Waals surface area contributed by atoms with Gasteiger partial charge in [-0.1, -0.05) is 0 Å². The predicted octanol–water partition coefficient (Wildman–Crippen LogP) is 4.89. The third-order valence-corrected chi connectivity index (χ3v) is 14.8. The van der Waals surface area contributed by atoms with Gasteiger partial charge in [0.1, 0.15) is 17.1 Å². The number of ether oxygens (including phenoxy) is 3. The summed E-state index contributed by atoms with van der Waals surface area (Å²) in [6, 6.07) is 1.76. The van der Waals surface area contributed by atoms with Crippen LogP contribution in [-0.4, -0.2) is 101 Å². The first-order valence-electron chi connectivity index (χ1n) is 20.8. The molecule has 0 radical (unpaired) electrons. The smallest absolute Gasteiger partial charge is 0.408 e. The summed E-state index contributed by atoms with van der Waals surface area (Å²) in [5, 5.41) is 6.61. The number of carbonyl (C=O) groups excluding carboxylic acids is 3. The lowest BCUT2D eigenvalue weighted by Crippen LogP contribution is -2.43. The average Bonchev–Trinajstić information content (AvgIpc) is 3.98. The first kappa shape index (κ1) is 55.6. The molecule has 1 amide bonds. The van der Waals surface area contributed by atoms with E-state index in [1.807, 2.05) is 0 Å². The van der Waals surface area contributed by atoms with Gasteiger partial charge in [-0.2, -0.15) is 0 Å². The summed E-state index contributed by atoms with van der Waals surface area (Å²) in [7, 11) is -4.85. The molecule has 67 heavy (non-hydrogen) atoms. The first-order chi connectivity index (χ1) is 31.2. The van der Waals surface area contributed by atoms with E-state index < -0.39 is 43.8 Å². The van der Waals surface area contributed by atoms with Crippen LogP contribution in [0.4, 0.5) is 4.79 Å². The summed E-state index contributed by atoms with van der Waals surface area (Å²) in [4.78, 5) is 53.5. The lowest BCUT2D eigenvalue weighted by Gasteiger charge is -2.22. The number of aromatic nitrogens is 2. The summed E-state index contributed by atoms with van der Waals surface area (Å²) in [5.74, 6) is 0.145. The molecule has 0 spiro atoms. The number of benzene rings is 2. The van der Waals surface area contributed by atoms with Gasteiger partial charge in [0, 0.05) is 36.2 Å². The molecule has 20 nitrogen and oxygen atoms in total. The molecule has 2 aromatic carbocycles. The number of aliphatic imine (C=N–C) groups is 2. The van der Waals surface area contributed by atoms with E-state index in [-0.39, 0.29) is 57.8 Å². The van der Waals surface area contributed by atoms with Crippen LogP contribution < -0.4 is 41.4 Å². The minimum Gasteiger partial charge on any atom is -0.496 e. The van der Waals surface area contributed by atoms with E-state index in [1.165, 1.54) is 43.1 Å². The molecule has 0 saturated carbocycles. The fraction of sp³-hybridized carbons (Fsp3) is 0.465. The molecule has 0 unspecified atom stereocenters. The molecule has 0 bridgehead atoms. The SMILES string of the molecule is COc1cc(C)c(S(=O)(=O)NC(N)=NCCC[C@H](N)C(=O)c2nccs2)c(C)c1C.COc1cc(C)c(S(=O)(=O)NC(N)=NCCC[C@H](NC(=O)OC(C)(C)C)C(=O)c2nccs2)c(C)c1C. The van der Waals surface area contributed by atoms with Crippen molar-refractivity contribution in [3.05, 3.63) is 78.7 Å². The number of nitrogens with one attached hydrogen (secondary N) is 3. The Bertz CT molecular complexity index is 2650. The van der Waals surface area contributed by atoms with Gasteiger partial charge in [-0.3, -0.25) is 19.6 Å². The fourth-order valence-electron chi connectivity index (χ4n) is 6.59. The van der Waals surface area contributed by atoms with Crippen LogP contribution >= 0.6 is 22.7 Å². The number of sulfonamides is 2. The van der Waals surface area contributed by atoms with E-state index in [1.54, 1.807) is 91.4 Å². The maximum atomic E-state index is 13.0. The van der Waals surface area contributed by atoms with E-state index in [0.717, 1.165) is 5.56 Å². The highest BCUT2D eigenvalue weighted by Crippen LogP contribution is 2.31. The number of hydrogen-bond donors (Lipinski definition) is 6. The van der Waals surface area contributed by atoms with E-state index in [0.29, 0.717) is 63.6 Å². The molecular formula is C43H62N10O10S4. The molecule has 0 aliphatic rings. The minimum absolute atomic E-state index is 0.111. The molecular weight excluding hydrogens is 945 g/mol. The molecule has 0 saturated heterocycles. The normalized spacial score (nSPS) is 13.1. The van der Waals surface area contributed by atoms with Gasteiger partial charge in [0.15, 0.2) is 10.0 Å². The van der Waals surface area contributed by atoms with Crippen molar-refractivity contribution in [3.63, 3.8) is 0 Å². The van der Waals surface area contributed by atoms with Crippen molar-refractivity contribution in [1.29, 1.82) is 0 Å². The Morgan fingerprint density at radius 3 is 1.51 bits per heavy atom.